The first kappa shape index (κ1) is 17.2. The Hall–Kier alpha value is -2.60. The SMILES string of the molecule is COc1cc(Br)cc(/C=C2\C(=O)N(c3ccccc3)N=C2C)c1OC. The van der Waals surface area contributed by atoms with Gasteiger partial charge < -0.3 is 9.47 Å². The minimum atomic E-state index is -0.176. The minimum absolute atomic E-state index is 0.176. The molecule has 0 fully saturated rings. The van der Waals surface area contributed by atoms with Crippen LogP contribution >= 0.6 is 15.9 Å². The van der Waals surface area contributed by atoms with Gasteiger partial charge in [-0.2, -0.15) is 10.1 Å². The molecule has 0 unspecified atom stereocenters. The second kappa shape index (κ2) is 7.11. The monoisotopic (exact) mass is 400 g/mol. The van der Waals surface area contributed by atoms with Crippen LogP contribution in [-0.2, 0) is 4.79 Å². The molecule has 0 aromatic heterocycles. The van der Waals surface area contributed by atoms with Crippen molar-refractivity contribution in [2.75, 3.05) is 19.2 Å². The molecule has 0 saturated carbocycles. The van der Waals surface area contributed by atoms with Crippen molar-refractivity contribution in [2.24, 2.45) is 5.10 Å². The summed E-state index contributed by atoms with van der Waals surface area (Å²) in [7, 11) is 3.15. The van der Waals surface area contributed by atoms with Crippen molar-refractivity contribution in [3.8, 4) is 11.5 Å². The zero-order valence-electron chi connectivity index (χ0n) is 14.1. The van der Waals surface area contributed by atoms with E-state index in [0.717, 1.165) is 15.7 Å². The number of carbonyl (C=O) groups is 1. The smallest absolute Gasteiger partial charge is 0.280 e. The third-order valence-corrected chi connectivity index (χ3v) is 4.29. The Morgan fingerprint density at radius 1 is 1.12 bits per heavy atom. The second-order valence-corrected chi connectivity index (χ2v) is 6.34. The van der Waals surface area contributed by atoms with Crippen LogP contribution in [0.25, 0.3) is 6.08 Å². The molecule has 0 aliphatic carbocycles. The lowest BCUT2D eigenvalue weighted by molar-refractivity contribution is -0.114. The van der Waals surface area contributed by atoms with Gasteiger partial charge in [-0.15, -0.1) is 0 Å². The number of hydrogen-bond donors (Lipinski definition) is 0. The molecule has 6 heteroatoms. The fourth-order valence-corrected chi connectivity index (χ4v) is 3.10. The summed E-state index contributed by atoms with van der Waals surface area (Å²) in [6.45, 7) is 1.81. The number of benzene rings is 2. The normalized spacial score (nSPS) is 15.5. The highest BCUT2D eigenvalue weighted by molar-refractivity contribution is 9.10. The number of anilines is 1. The van der Waals surface area contributed by atoms with E-state index in [1.807, 2.05) is 49.4 Å². The molecule has 0 N–H and O–H groups in total. The van der Waals surface area contributed by atoms with Crippen molar-refractivity contribution in [3.63, 3.8) is 0 Å². The largest absolute Gasteiger partial charge is 0.493 e. The van der Waals surface area contributed by atoms with Gasteiger partial charge in [0.15, 0.2) is 11.5 Å². The average Bonchev–Trinajstić information content (AvgIpc) is 2.90. The fraction of sp³-hybridized carbons (Fsp3) is 0.158. The molecule has 0 saturated heterocycles. The van der Waals surface area contributed by atoms with E-state index >= 15 is 0 Å². The second-order valence-electron chi connectivity index (χ2n) is 5.43. The molecule has 2 aromatic rings. The predicted octanol–water partition coefficient (Wildman–Crippen LogP) is 4.27. The molecule has 1 amide bonds. The van der Waals surface area contributed by atoms with E-state index in [9.17, 15) is 4.79 Å². The van der Waals surface area contributed by atoms with Crippen molar-refractivity contribution in [1.82, 2.24) is 0 Å². The maximum atomic E-state index is 12.8. The number of methoxy groups -OCH3 is 2. The van der Waals surface area contributed by atoms with E-state index in [1.54, 1.807) is 20.3 Å². The Kier molecular flexibility index (Phi) is 4.90. The molecule has 0 radical (unpaired) electrons. The molecular weight excluding hydrogens is 384 g/mol. The van der Waals surface area contributed by atoms with Gasteiger partial charge in [0.05, 0.1) is 31.2 Å². The number of carbonyl (C=O) groups excluding carboxylic acids is 1. The first-order valence-corrected chi connectivity index (χ1v) is 8.42. The lowest BCUT2D eigenvalue weighted by atomic mass is 10.1. The molecule has 1 heterocycles. The first-order valence-electron chi connectivity index (χ1n) is 7.63. The number of amides is 1. The zero-order valence-corrected chi connectivity index (χ0v) is 15.7. The van der Waals surface area contributed by atoms with Gasteiger partial charge in [0.1, 0.15) is 0 Å². The Morgan fingerprint density at radius 2 is 1.84 bits per heavy atom. The Morgan fingerprint density at radius 3 is 2.48 bits per heavy atom. The van der Waals surface area contributed by atoms with Crippen LogP contribution in [0.3, 0.4) is 0 Å². The summed E-state index contributed by atoms with van der Waals surface area (Å²) in [6.07, 6.45) is 1.77. The number of hydrogen-bond acceptors (Lipinski definition) is 4. The summed E-state index contributed by atoms with van der Waals surface area (Å²) in [5.74, 6) is 0.977. The Balaban J connectivity index is 2.05. The van der Waals surface area contributed by atoms with Crippen LogP contribution in [0.15, 0.2) is 57.6 Å². The van der Waals surface area contributed by atoms with Gasteiger partial charge in [-0.1, -0.05) is 34.1 Å². The first-order chi connectivity index (χ1) is 12.0. The van der Waals surface area contributed by atoms with Crippen molar-refractivity contribution < 1.29 is 14.3 Å². The number of rotatable bonds is 4. The quantitative estimate of drug-likeness (QED) is 0.719. The van der Waals surface area contributed by atoms with Gasteiger partial charge in [0.25, 0.3) is 5.91 Å². The molecule has 128 valence electrons. The Bertz CT molecular complexity index is 876. The number of nitrogens with zero attached hydrogens (tertiary/aromatic N) is 2. The van der Waals surface area contributed by atoms with Crippen LogP contribution in [0.4, 0.5) is 5.69 Å². The molecule has 2 aromatic carbocycles. The van der Waals surface area contributed by atoms with E-state index in [1.165, 1.54) is 5.01 Å². The summed E-state index contributed by atoms with van der Waals surface area (Å²) in [6, 6.07) is 13.0. The van der Waals surface area contributed by atoms with Gasteiger partial charge in [-0.25, -0.2) is 0 Å². The van der Waals surface area contributed by atoms with Crippen LogP contribution in [-0.4, -0.2) is 25.8 Å². The van der Waals surface area contributed by atoms with E-state index in [2.05, 4.69) is 21.0 Å². The van der Waals surface area contributed by atoms with Crippen LogP contribution in [0.2, 0.25) is 0 Å². The van der Waals surface area contributed by atoms with Crippen LogP contribution in [0.5, 0.6) is 11.5 Å². The number of ether oxygens (including phenoxy) is 2. The maximum Gasteiger partial charge on any atom is 0.280 e. The zero-order chi connectivity index (χ0) is 18.0. The number of para-hydroxylation sites is 1. The third kappa shape index (κ3) is 3.30. The van der Waals surface area contributed by atoms with Gasteiger partial charge in [0, 0.05) is 10.0 Å². The third-order valence-electron chi connectivity index (χ3n) is 3.84. The van der Waals surface area contributed by atoms with Crippen molar-refractivity contribution in [3.05, 3.63) is 58.1 Å². The molecule has 0 bridgehead atoms. The van der Waals surface area contributed by atoms with Gasteiger partial charge in [0.2, 0.25) is 0 Å². The molecular formula is C19H17BrN2O3. The lowest BCUT2D eigenvalue weighted by Crippen LogP contribution is -2.21. The summed E-state index contributed by atoms with van der Waals surface area (Å²) in [4.78, 5) is 12.8. The highest BCUT2D eigenvalue weighted by Crippen LogP contribution is 2.36. The molecule has 3 rings (SSSR count). The highest BCUT2D eigenvalue weighted by atomic mass is 79.9. The maximum absolute atomic E-state index is 12.8. The van der Waals surface area contributed by atoms with Crippen LogP contribution in [0, 0.1) is 0 Å². The van der Waals surface area contributed by atoms with Gasteiger partial charge >= 0.3 is 0 Å². The van der Waals surface area contributed by atoms with Crippen molar-refractivity contribution >= 4 is 39.3 Å². The molecule has 5 nitrogen and oxygen atoms in total. The molecule has 1 aliphatic rings. The number of halogens is 1. The summed E-state index contributed by atoms with van der Waals surface area (Å²) >= 11 is 3.45. The molecule has 0 atom stereocenters. The molecule has 1 aliphatic heterocycles. The minimum Gasteiger partial charge on any atom is -0.493 e. The van der Waals surface area contributed by atoms with Crippen molar-refractivity contribution in [1.29, 1.82) is 0 Å². The van der Waals surface area contributed by atoms with Gasteiger partial charge in [-0.3, -0.25) is 4.79 Å². The van der Waals surface area contributed by atoms with E-state index in [-0.39, 0.29) is 5.91 Å². The van der Waals surface area contributed by atoms with Crippen LogP contribution in [0.1, 0.15) is 12.5 Å². The van der Waals surface area contributed by atoms with Crippen molar-refractivity contribution in [2.45, 2.75) is 6.92 Å². The lowest BCUT2D eigenvalue weighted by Gasteiger charge is -2.13. The highest BCUT2D eigenvalue weighted by Gasteiger charge is 2.29. The summed E-state index contributed by atoms with van der Waals surface area (Å²) in [5, 5.41) is 5.79. The molecule has 25 heavy (non-hydrogen) atoms. The predicted molar refractivity (Wildman–Crippen MR) is 102 cm³/mol. The average molecular weight is 401 g/mol. The number of hydrazone groups is 1. The summed E-state index contributed by atoms with van der Waals surface area (Å²) in [5.41, 5.74) is 2.63. The van der Waals surface area contributed by atoms with E-state index in [4.69, 9.17) is 9.47 Å². The van der Waals surface area contributed by atoms with E-state index in [0.29, 0.717) is 22.8 Å². The standard InChI is InChI=1S/C19H17BrN2O3/c1-12-16(19(23)22(21-12)15-7-5-4-6-8-15)10-13-9-14(20)11-17(24-2)18(13)25-3/h4-11H,1-3H3/b16-10-. The Labute approximate surface area is 154 Å². The molecule has 0 spiro atoms. The fourth-order valence-electron chi connectivity index (χ4n) is 2.65. The topological polar surface area (TPSA) is 51.1 Å². The van der Waals surface area contributed by atoms with E-state index < -0.39 is 0 Å². The van der Waals surface area contributed by atoms with Crippen LogP contribution < -0.4 is 14.5 Å². The van der Waals surface area contributed by atoms with Gasteiger partial charge in [-0.05, 0) is 37.3 Å². The summed E-state index contributed by atoms with van der Waals surface area (Å²) < 4.78 is 11.6.